The topological polar surface area (TPSA) is 267 Å². The molecule has 1 aromatic rings. The molecular weight excluding hydrogens is 841 g/mol. The first-order chi connectivity index (χ1) is 30.4. The van der Waals surface area contributed by atoms with Crippen molar-refractivity contribution in [3.8, 4) is 0 Å². The zero-order valence-corrected chi connectivity index (χ0v) is 39.1. The average molecular weight is 909 g/mol. The summed E-state index contributed by atoms with van der Waals surface area (Å²) in [4.78, 5) is 120. The fourth-order valence-corrected chi connectivity index (χ4v) is 7.07. The van der Waals surface area contributed by atoms with Gasteiger partial charge in [0.1, 0.15) is 23.8 Å². The number of allylic oxidation sites excluding steroid dienone is 2. The largest absolute Gasteiger partial charge is 0.481 e. The monoisotopic (exact) mass is 908 g/mol. The van der Waals surface area contributed by atoms with E-state index in [4.69, 9.17) is 4.74 Å². The van der Waals surface area contributed by atoms with Gasteiger partial charge in [0.15, 0.2) is 5.78 Å². The Bertz CT molecular complexity index is 1970. The van der Waals surface area contributed by atoms with Crippen LogP contribution in [0.15, 0.2) is 66.4 Å². The Hall–Kier alpha value is -6.17. The molecule has 2 rings (SSSR count). The summed E-state index contributed by atoms with van der Waals surface area (Å²) in [5, 5.41) is 32.9. The Morgan fingerprint density at radius 3 is 1.98 bits per heavy atom. The minimum absolute atomic E-state index is 0.0823. The highest BCUT2D eigenvalue weighted by atomic mass is 16.5. The first-order valence-corrected chi connectivity index (χ1v) is 21.8. The number of ketones is 1. The Morgan fingerprint density at radius 2 is 1.42 bits per heavy atom. The van der Waals surface area contributed by atoms with Crippen LogP contribution in [0.2, 0.25) is 0 Å². The van der Waals surface area contributed by atoms with Crippen molar-refractivity contribution in [3.05, 3.63) is 72.0 Å². The molecule has 10 atom stereocenters. The van der Waals surface area contributed by atoms with Crippen LogP contribution in [0.5, 0.6) is 0 Å². The van der Waals surface area contributed by atoms with Crippen LogP contribution in [-0.2, 0) is 54.3 Å². The maximum absolute atomic E-state index is 13.8. The number of hydrogen-bond acceptors (Lipinski definition) is 10. The van der Waals surface area contributed by atoms with Crippen LogP contribution >= 0.6 is 0 Å². The molecule has 0 bridgehead atoms. The minimum atomic E-state index is -1.58. The summed E-state index contributed by atoms with van der Waals surface area (Å²) in [6.45, 7) is 16.4. The number of carbonyl (C=O) groups is 9. The zero-order valence-electron chi connectivity index (χ0n) is 39.1. The van der Waals surface area contributed by atoms with Crippen LogP contribution in [0.4, 0.5) is 0 Å². The smallest absolute Gasteiger partial charge is 0.326 e. The molecule has 0 spiro atoms. The number of likely N-dealkylation sites (N-methyl/N-ethyl adjacent to an activating group) is 1. The maximum atomic E-state index is 13.8. The van der Waals surface area contributed by atoms with E-state index in [2.05, 4.69) is 33.2 Å². The molecule has 0 aliphatic carbocycles. The summed E-state index contributed by atoms with van der Waals surface area (Å²) in [6.07, 6.45) is 4.23. The number of amides is 6. The van der Waals surface area contributed by atoms with E-state index in [0.717, 1.165) is 16.0 Å². The lowest BCUT2D eigenvalue weighted by molar-refractivity contribution is -0.149. The molecule has 0 saturated carbocycles. The van der Waals surface area contributed by atoms with Crippen LogP contribution in [-0.4, -0.2) is 119 Å². The Morgan fingerprint density at radius 1 is 0.831 bits per heavy atom. The normalized spacial score (nSPS) is 26.8. The number of benzene rings is 1. The predicted octanol–water partition coefficient (Wildman–Crippen LogP) is 2.68. The Balaban J connectivity index is 2.57. The number of hydrogen-bond donors (Lipinski definition) is 7. The molecule has 6 amide bonds. The first kappa shape index (κ1) is 55.0. The van der Waals surface area contributed by atoms with Gasteiger partial charge in [-0.05, 0) is 51.5 Å². The third kappa shape index (κ3) is 17.4. The maximum Gasteiger partial charge on any atom is 0.326 e. The average Bonchev–Trinajstić information content (AvgIpc) is 3.25. The van der Waals surface area contributed by atoms with E-state index < -0.39 is 120 Å². The molecule has 1 aromatic carbocycles. The Labute approximate surface area is 381 Å². The van der Waals surface area contributed by atoms with Crippen LogP contribution in [0.1, 0.15) is 86.6 Å². The van der Waals surface area contributed by atoms with Gasteiger partial charge in [0.2, 0.25) is 29.5 Å². The fraction of sp³-hybridized carbons (Fsp3) is 0.553. The number of nitrogens with one attached hydrogen (secondary N) is 5. The van der Waals surface area contributed by atoms with Gasteiger partial charge < -0.3 is 46.4 Å². The number of carboxylic acids is 2. The first-order valence-electron chi connectivity index (χ1n) is 21.8. The van der Waals surface area contributed by atoms with E-state index in [-0.39, 0.29) is 30.1 Å². The lowest BCUT2D eigenvalue weighted by atomic mass is 9.85. The van der Waals surface area contributed by atoms with Crippen molar-refractivity contribution in [2.45, 2.75) is 124 Å². The summed E-state index contributed by atoms with van der Waals surface area (Å²) >= 11 is 0. The number of Topliss-reactive ketones (excluding diaryl/α,β-unsaturated/α-hetero) is 1. The van der Waals surface area contributed by atoms with E-state index >= 15 is 0 Å². The summed E-state index contributed by atoms with van der Waals surface area (Å²) in [7, 11) is 2.85. The summed E-state index contributed by atoms with van der Waals surface area (Å²) in [5.74, 6) is -12.8. The lowest BCUT2D eigenvalue weighted by Crippen LogP contribution is -2.54. The van der Waals surface area contributed by atoms with Gasteiger partial charge in [0, 0.05) is 38.8 Å². The molecule has 1 fully saturated rings. The molecule has 7 N–H and O–H groups in total. The van der Waals surface area contributed by atoms with Gasteiger partial charge in [-0.2, -0.15) is 0 Å². The van der Waals surface area contributed by atoms with Gasteiger partial charge in [-0.1, -0.05) is 95.3 Å². The number of aliphatic carboxylic acids is 2. The van der Waals surface area contributed by atoms with Crippen molar-refractivity contribution in [2.24, 2.45) is 29.6 Å². The fourth-order valence-electron chi connectivity index (χ4n) is 7.07. The standard InChI is InChI=1S/C47H68N6O12/c1-25(2)21-37-38(54)24-34(46(61)62)28(5)41(56)48-30(7)43(58)50-35(18-17-26(3)22-27(4)39(65-11)23-33-15-13-12-14-16-33)29(6)42(57)51-36(47(63)64)19-20-40(55)53(10)32(9)45(60)49-31(8)44(59)52-37/h12-18,22,25,27-31,34-37,39H,9,19-21,23-24H2,1-8,10-11H3,(H,48,56)(H,49,60)(H,50,58)(H,51,57)(H,52,59)(H,61,62)(H,63,64)/b18-17+,26-22+/t27-,28-,29-,30-,31+,34+,35-,36+,37-,39-/m0/s1. The number of rotatable bonds is 11. The predicted molar refractivity (Wildman–Crippen MR) is 241 cm³/mol. The molecule has 65 heavy (non-hydrogen) atoms. The van der Waals surface area contributed by atoms with E-state index in [1.165, 1.54) is 34.7 Å². The second kappa shape index (κ2) is 26.0. The van der Waals surface area contributed by atoms with Crippen molar-refractivity contribution < 1.29 is 58.1 Å². The third-order valence-corrected chi connectivity index (χ3v) is 11.5. The van der Waals surface area contributed by atoms with Crippen LogP contribution in [0, 0.1) is 29.6 Å². The van der Waals surface area contributed by atoms with Gasteiger partial charge >= 0.3 is 11.9 Å². The second-order valence-electron chi connectivity index (χ2n) is 17.3. The van der Waals surface area contributed by atoms with Crippen molar-refractivity contribution >= 4 is 53.2 Å². The van der Waals surface area contributed by atoms with Gasteiger partial charge in [-0.3, -0.25) is 38.4 Å². The van der Waals surface area contributed by atoms with Gasteiger partial charge in [-0.25, -0.2) is 4.79 Å². The van der Waals surface area contributed by atoms with E-state index in [1.807, 2.05) is 50.3 Å². The highest BCUT2D eigenvalue weighted by Crippen LogP contribution is 2.22. The highest BCUT2D eigenvalue weighted by Gasteiger charge is 2.37. The van der Waals surface area contributed by atoms with Crippen molar-refractivity contribution in [2.75, 3.05) is 14.2 Å². The molecule has 0 radical (unpaired) electrons. The highest BCUT2D eigenvalue weighted by molar-refractivity contribution is 6.00. The van der Waals surface area contributed by atoms with E-state index in [1.54, 1.807) is 33.1 Å². The van der Waals surface area contributed by atoms with Gasteiger partial charge in [-0.15, -0.1) is 0 Å². The third-order valence-electron chi connectivity index (χ3n) is 11.5. The molecule has 358 valence electrons. The SMILES string of the molecule is C=C1C(=O)N[C@H](C)C(=O)N[C@@H](CC(C)C)C(=O)C[C@@H](C(=O)O)[C@H](C)C(=O)N[C@@H](C)C(=O)N[C@@H](/C=C/C(C)=C/[C@H](C)[C@H](Cc2ccccc2)OC)[C@H](C)C(=O)N[C@@H](C(=O)O)CCC(=O)N1C. The second-order valence-corrected chi connectivity index (χ2v) is 17.3. The lowest BCUT2D eigenvalue weighted by Gasteiger charge is -2.27. The molecule has 0 aromatic heterocycles. The number of carbonyl (C=O) groups excluding carboxylic acids is 7. The Kier molecular flexibility index (Phi) is 21.9. The van der Waals surface area contributed by atoms with Gasteiger partial charge in [0.25, 0.3) is 5.91 Å². The van der Waals surface area contributed by atoms with Crippen LogP contribution in [0.3, 0.4) is 0 Å². The summed E-state index contributed by atoms with van der Waals surface area (Å²) < 4.78 is 5.79. The van der Waals surface area contributed by atoms with Crippen molar-refractivity contribution in [1.82, 2.24) is 31.5 Å². The number of carboxylic acid groups (broad SMARTS) is 2. The molecule has 18 heteroatoms. The number of ether oxygens (including phenoxy) is 1. The molecule has 1 saturated heterocycles. The molecular formula is C47H68N6O12. The minimum Gasteiger partial charge on any atom is -0.481 e. The molecule has 18 nitrogen and oxygen atoms in total. The molecule has 0 unspecified atom stereocenters. The summed E-state index contributed by atoms with van der Waals surface area (Å²) in [6, 6.07) is 3.37. The number of methoxy groups -OCH3 is 1. The van der Waals surface area contributed by atoms with Crippen molar-refractivity contribution in [3.63, 3.8) is 0 Å². The number of nitrogens with zero attached hydrogens (tertiary/aromatic N) is 1. The summed E-state index contributed by atoms with van der Waals surface area (Å²) in [5.41, 5.74) is 1.44. The molecule has 1 heterocycles. The van der Waals surface area contributed by atoms with Crippen LogP contribution < -0.4 is 26.6 Å². The molecule has 1 aliphatic rings. The van der Waals surface area contributed by atoms with E-state index in [9.17, 15) is 53.4 Å². The van der Waals surface area contributed by atoms with Crippen LogP contribution in [0.25, 0.3) is 0 Å². The van der Waals surface area contributed by atoms with Gasteiger partial charge in [0.05, 0.1) is 30.0 Å². The zero-order chi connectivity index (χ0) is 49.3. The van der Waals surface area contributed by atoms with E-state index in [0.29, 0.717) is 6.42 Å². The molecule has 1 aliphatic heterocycles. The van der Waals surface area contributed by atoms with Crippen molar-refractivity contribution in [1.29, 1.82) is 0 Å². The quantitative estimate of drug-likeness (QED) is 0.125.